The van der Waals surface area contributed by atoms with Crippen LogP contribution in [0.15, 0.2) is 30.3 Å². The molecule has 152 valence electrons. The smallest absolute Gasteiger partial charge is 0.325 e. The number of benzene rings is 1. The molecular formula is C20H29N5O3. The Balaban J connectivity index is 1.37. The van der Waals surface area contributed by atoms with E-state index < -0.39 is 6.03 Å². The zero-order chi connectivity index (χ0) is 19.8. The van der Waals surface area contributed by atoms with Crippen molar-refractivity contribution in [1.29, 1.82) is 0 Å². The monoisotopic (exact) mass is 387 g/mol. The molecule has 0 bridgehead atoms. The summed E-state index contributed by atoms with van der Waals surface area (Å²) in [5.74, 6) is 0.0725. The summed E-state index contributed by atoms with van der Waals surface area (Å²) in [5.41, 5.74) is 0.637. The van der Waals surface area contributed by atoms with Gasteiger partial charge in [-0.3, -0.25) is 19.8 Å². The van der Waals surface area contributed by atoms with Gasteiger partial charge in [0.25, 0.3) is 0 Å². The number of nitrogens with one attached hydrogen (secondary N) is 4. The summed E-state index contributed by atoms with van der Waals surface area (Å²) in [7, 11) is 0. The first kappa shape index (κ1) is 20.3. The Morgan fingerprint density at radius 3 is 2.68 bits per heavy atom. The second-order valence-electron chi connectivity index (χ2n) is 7.51. The van der Waals surface area contributed by atoms with E-state index in [0.717, 1.165) is 45.3 Å². The lowest BCUT2D eigenvalue weighted by atomic mass is 9.98. The Morgan fingerprint density at radius 1 is 1.11 bits per heavy atom. The van der Waals surface area contributed by atoms with Gasteiger partial charge in [0, 0.05) is 18.8 Å². The van der Waals surface area contributed by atoms with Gasteiger partial charge in [-0.15, -0.1) is 0 Å². The molecule has 0 radical (unpaired) electrons. The molecule has 1 aromatic carbocycles. The van der Waals surface area contributed by atoms with Crippen molar-refractivity contribution in [3.8, 4) is 0 Å². The van der Waals surface area contributed by atoms with E-state index >= 15 is 0 Å². The average molecular weight is 387 g/mol. The molecule has 8 nitrogen and oxygen atoms in total. The Labute approximate surface area is 165 Å². The van der Waals surface area contributed by atoms with E-state index in [1.54, 1.807) is 12.1 Å². The molecule has 0 aliphatic carbocycles. The summed E-state index contributed by atoms with van der Waals surface area (Å²) in [6.45, 7) is 3.27. The summed E-state index contributed by atoms with van der Waals surface area (Å²) >= 11 is 0. The van der Waals surface area contributed by atoms with E-state index in [0.29, 0.717) is 18.2 Å². The van der Waals surface area contributed by atoms with Crippen molar-refractivity contribution < 1.29 is 14.4 Å². The Morgan fingerprint density at radius 2 is 1.93 bits per heavy atom. The van der Waals surface area contributed by atoms with E-state index in [1.165, 1.54) is 0 Å². The van der Waals surface area contributed by atoms with Gasteiger partial charge in [0.05, 0.1) is 12.6 Å². The fourth-order valence-corrected chi connectivity index (χ4v) is 3.79. The van der Waals surface area contributed by atoms with Crippen LogP contribution in [-0.2, 0) is 9.59 Å². The van der Waals surface area contributed by atoms with Crippen LogP contribution in [0, 0.1) is 5.92 Å². The van der Waals surface area contributed by atoms with Gasteiger partial charge < -0.3 is 16.0 Å². The quantitative estimate of drug-likeness (QED) is 0.581. The number of rotatable bonds is 6. The number of carbonyl (C=O) groups excluding carboxylic acids is 3. The average Bonchev–Trinajstić information content (AvgIpc) is 3.22. The molecule has 0 saturated carbocycles. The van der Waals surface area contributed by atoms with Gasteiger partial charge in [0.1, 0.15) is 0 Å². The molecule has 2 heterocycles. The standard InChI is InChI=1S/C20H29N5O3/c26-18(24-20(28)23-16-7-2-1-3-8-16)14-25-11-5-6-15(13-25)12-22-19(27)17-9-4-10-21-17/h1-3,7-8,15,17,21H,4-6,9-14H2,(H,22,27)(H2,23,24,26,28). The van der Waals surface area contributed by atoms with Crippen molar-refractivity contribution in [2.75, 3.05) is 38.0 Å². The summed E-state index contributed by atoms with van der Waals surface area (Å²) < 4.78 is 0. The van der Waals surface area contributed by atoms with Crippen molar-refractivity contribution in [3.05, 3.63) is 30.3 Å². The molecular weight excluding hydrogens is 358 g/mol. The maximum absolute atomic E-state index is 12.2. The van der Waals surface area contributed by atoms with Crippen molar-refractivity contribution >= 4 is 23.5 Å². The minimum atomic E-state index is -0.527. The predicted octanol–water partition coefficient (Wildman–Crippen LogP) is 0.915. The Bertz CT molecular complexity index is 676. The first-order chi connectivity index (χ1) is 13.6. The maximum Gasteiger partial charge on any atom is 0.325 e. The zero-order valence-corrected chi connectivity index (χ0v) is 16.1. The van der Waals surface area contributed by atoms with Crippen LogP contribution in [0.25, 0.3) is 0 Å². The maximum atomic E-state index is 12.2. The molecule has 3 rings (SSSR count). The highest BCUT2D eigenvalue weighted by molar-refractivity contribution is 6.01. The second-order valence-corrected chi connectivity index (χ2v) is 7.51. The van der Waals surface area contributed by atoms with Crippen molar-refractivity contribution in [2.45, 2.75) is 31.7 Å². The van der Waals surface area contributed by atoms with Crippen LogP contribution < -0.4 is 21.3 Å². The lowest BCUT2D eigenvalue weighted by Crippen LogP contribution is -2.48. The molecule has 2 aliphatic rings. The van der Waals surface area contributed by atoms with Gasteiger partial charge in [0.2, 0.25) is 11.8 Å². The number of piperidine rings is 1. The number of likely N-dealkylation sites (tertiary alicyclic amines) is 1. The Hall–Kier alpha value is -2.45. The number of anilines is 1. The van der Waals surface area contributed by atoms with Crippen LogP contribution in [0.1, 0.15) is 25.7 Å². The molecule has 4 N–H and O–H groups in total. The van der Waals surface area contributed by atoms with Gasteiger partial charge in [-0.05, 0) is 56.8 Å². The predicted molar refractivity (Wildman–Crippen MR) is 107 cm³/mol. The summed E-state index contributed by atoms with van der Waals surface area (Å²) in [6, 6.07) is 8.41. The van der Waals surface area contributed by atoms with Gasteiger partial charge in [0.15, 0.2) is 0 Å². The number of para-hydroxylation sites is 1. The third-order valence-electron chi connectivity index (χ3n) is 5.20. The third kappa shape index (κ3) is 6.31. The topological polar surface area (TPSA) is 103 Å². The van der Waals surface area contributed by atoms with Gasteiger partial charge in [-0.2, -0.15) is 0 Å². The number of carbonyl (C=O) groups is 3. The molecule has 0 aromatic heterocycles. The van der Waals surface area contributed by atoms with Crippen LogP contribution in [0.4, 0.5) is 10.5 Å². The highest BCUT2D eigenvalue weighted by atomic mass is 16.2. The van der Waals surface area contributed by atoms with Crippen LogP contribution in [0.2, 0.25) is 0 Å². The molecule has 1 aromatic rings. The fraction of sp³-hybridized carbons (Fsp3) is 0.550. The highest BCUT2D eigenvalue weighted by Gasteiger charge is 2.25. The molecule has 28 heavy (non-hydrogen) atoms. The first-order valence-electron chi connectivity index (χ1n) is 9.99. The van der Waals surface area contributed by atoms with Crippen molar-refractivity contribution in [2.24, 2.45) is 5.92 Å². The lowest BCUT2D eigenvalue weighted by molar-refractivity contribution is -0.124. The molecule has 2 atom stereocenters. The molecule has 2 saturated heterocycles. The molecule has 8 heteroatoms. The SMILES string of the molecule is O=C(CN1CCCC(CNC(=O)C2CCCN2)C1)NC(=O)Nc1ccccc1. The molecule has 2 unspecified atom stereocenters. The van der Waals surface area contributed by atoms with Gasteiger partial charge in [-0.1, -0.05) is 18.2 Å². The lowest BCUT2D eigenvalue weighted by Gasteiger charge is -2.32. The number of hydrogen-bond donors (Lipinski definition) is 4. The normalized spacial score (nSPS) is 22.4. The minimum absolute atomic E-state index is 0.0615. The van der Waals surface area contributed by atoms with E-state index in [2.05, 4.69) is 21.3 Å². The number of urea groups is 1. The molecule has 2 fully saturated rings. The summed E-state index contributed by atoms with van der Waals surface area (Å²) in [6.07, 6.45) is 3.95. The fourth-order valence-electron chi connectivity index (χ4n) is 3.79. The van der Waals surface area contributed by atoms with E-state index in [-0.39, 0.29) is 24.4 Å². The van der Waals surface area contributed by atoms with E-state index in [4.69, 9.17) is 0 Å². The molecule has 2 aliphatic heterocycles. The number of amides is 4. The van der Waals surface area contributed by atoms with Crippen LogP contribution in [-0.4, -0.2) is 61.5 Å². The number of imide groups is 1. The zero-order valence-electron chi connectivity index (χ0n) is 16.1. The summed E-state index contributed by atoms with van der Waals surface area (Å²) in [4.78, 5) is 38.2. The molecule has 0 spiro atoms. The van der Waals surface area contributed by atoms with Crippen molar-refractivity contribution in [3.63, 3.8) is 0 Å². The van der Waals surface area contributed by atoms with Crippen LogP contribution >= 0.6 is 0 Å². The van der Waals surface area contributed by atoms with Crippen molar-refractivity contribution in [1.82, 2.24) is 20.9 Å². The largest absolute Gasteiger partial charge is 0.354 e. The Kier molecular flexibility index (Phi) is 7.39. The summed E-state index contributed by atoms with van der Waals surface area (Å²) in [5, 5.41) is 11.2. The number of hydrogen-bond acceptors (Lipinski definition) is 5. The van der Waals surface area contributed by atoms with Crippen LogP contribution in [0.5, 0.6) is 0 Å². The highest BCUT2D eigenvalue weighted by Crippen LogP contribution is 2.16. The second kappa shape index (κ2) is 10.2. The van der Waals surface area contributed by atoms with Gasteiger partial charge >= 0.3 is 6.03 Å². The van der Waals surface area contributed by atoms with E-state index in [9.17, 15) is 14.4 Å². The van der Waals surface area contributed by atoms with Gasteiger partial charge in [-0.25, -0.2) is 4.79 Å². The molecule has 4 amide bonds. The van der Waals surface area contributed by atoms with Crippen LogP contribution in [0.3, 0.4) is 0 Å². The van der Waals surface area contributed by atoms with E-state index in [1.807, 2.05) is 23.1 Å². The first-order valence-corrected chi connectivity index (χ1v) is 9.99. The number of nitrogens with zero attached hydrogens (tertiary/aromatic N) is 1. The minimum Gasteiger partial charge on any atom is -0.354 e. The third-order valence-corrected chi connectivity index (χ3v) is 5.20.